The number of aliphatic hydroxyl groups is 1. The molecule has 0 heterocycles. The number of hydrogen-bond acceptors (Lipinski definition) is 2. The van der Waals surface area contributed by atoms with Gasteiger partial charge in [-0.05, 0) is 34.6 Å². The SMILES string of the molecule is COc1ccc(C(O)C(C)C)cc1C(C)(C)C. The smallest absolute Gasteiger partial charge is 0.122 e. The number of methoxy groups -OCH3 is 1. The summed E-state index contributed by atoms with van der Waals surface area (Å²) >= 11 is 0. The zero-order valence-electron chi connectivity index (χ0n) is 11.7. The summed E-state index contributed by atoms with van der Waals surface area (Å²) in [7, 11) is 1.68. The highest BCUT2D eigenvalue weighted by Gasteiger charge is 2.21. The van der Waals surface area contributed by atoms with Crippen molar-refractivity contribution in [3.63, 3.8) is 0 Å². The summed E-state index contributed by atoms with van der Waals surface area (Å²) in [6, 6.07) is 5.95. The van der Waals surface area contributed by atoms with Crippen molar-refractivity contribution in [1.82, 2.24) is 0 Å². The van der Waals surface area contributed by atoms with E-state index in [1.165, 1.54) is 0 Å². The standard InChI is InChI=1S/C15H24O2/c1-10(2)14(16)11-7-8-13(17-6)12(9-11)15(3,4)5/h7-10,14,16H,1-6H3. The first-order chi connectivity index (χ1) is 7.77. The lowest BCUT2D eigenvalue weighted by Crippen LogP contribution is -2.15. The second-order valence-corrected chi connectivity index (χ2v) is 5.90. The summed E-state index contributed by atoms with van der Waals surface area (Å²) < 4.78 is 5.39. The van der Waals surface area contributed by atoms with Gasteiger partial charge in [-0.3, -0.25) is 0 Å². The van der Waals surface area contributed by atoms with Gasteiger partial charge in [0.2, 0.25) is 0 Å². The van der Waals surface area contributed by atoms with Crippen LogP contribution in [0.15, 0.2) is 18.2 Å². The van der Waals surface area contributed by atoms with Crippen LogP contribution >= 0.6 is 0 Å². The highest BCUT2D eigenvalue weighted by Crippen LogP contribution is 2.34. The van der Waals surface area contributed by atoms with Gasteiger partial charge >= 0.3 is 0 Å². The minimum atomic E-state index is -0.415. The summed E-state index contributed by atoms with van der Waals surface area (Å²) in [6.07, 6.45) is -0.415. The summed E-state index contributed by atoms with van der Waals surface area (Å²) in [5.41, 5.74) is 2.11. The van der Waals surface area contributed by atoms with Crippen LogP contribution in [-0.4, -0.2) is 12.2 Å². The lowest BCUT2D eigenvalue weighted by molar-refractivity contribution is 0.126. The third-order valence-corrected chi connectivity index (χ3v) is 3.00. The van der Waals surface area contributed by atoms with Gasteiger partial charge in [-0.2, -0.15) is 0 Å². The minimum absolute atomic E-state index is 0.0120. The molecule has 0 bridgehead atoms. The van der Waals surface area contributed by atoms with E-state index in [1.54, 1.807) is 7.11 Å². The molecular weight excluding hydrogens is 212 g/mol. The van der Waals surface area contributed by atoms with Crippen molar-refractivity contribution in [2.75, 3.05) is 7.11 Å². The minimum Gasteiger partial charge on any atom is -0.496 e. The quantitative estimate of drug-likeness (QED) is 0.867. The molecule has 0 aliphatic carbocycles. The molecule has 17 heavy (non-hydrogen) atoms. The molecule has 2 nitrogen and oxygen atoms in total. The maximum absolute atomic E-state index is 10.1. The molecule has 0 aromatic heterocycles. The van der Waals surface area contributed by atoms with Crippen LogP contribution in [-0.2, 0) is 5.41 Å². The zero-order valence-corrected chi connectivity index (χ0v) is 11.7. The highest BCUT2D eigenvalue weighted by atomic mass is 16.5. The van der Waals surface area contributed by atoms with E-state index in [0.29, 0.717) is 0 Å². The van der Waals surface area contributed by atoms with Crippen molar-refractivity contribution >= 4 is 0 Å². The maximum Gasteiger partial charge on any atom is 0.122 e. The summed E-state index contributed by atoms with van der Waals surface area (Å²) in [6.45, 7) is 10.5. The fourth-order valence-electron chi connectivity index (χ4n) is 1.88. The molecule has 1 rings (SSSR count). The number of aliphatic hydroxyl groups excluding tert-OH is 1. The summed E-state index contributed by atoms with van der Waals surface area (Å²) in [4.78, 5) is 0. The monoisotopic (exact) mass is 236 g/mol. The molecule has 1 unspecified atom stereocenters. The maximum atomic E-state index is 10.1. The van der Waals surface area contributed by atoms with E-state index in [9.17, 15) is 5.11 Å². The number of benzene rings is 1. The van der Waals surface area contributed by atoms with E-state index < -0.39 is 6.10 Å². The molecule has 96 valence electrons. The lowest BCUT2D eigenvalue weighted by atomic mass is 9.84. The molecule has 0 fully saturated rings. The Morgan fingerprint density at radius 3 is 2.18 bits per heavy atom. The molecule has 0 aliphatic heterocycles. The second-order valence-electron chi connectivity index (χ2n) is 5.90. The third-order valence-electron chi connectivity index (χ3n) is 3.00. The van der Waals surface area contributed by atoms with E-state index in [2.05, 4.69) is 26.8 Å². The van der Waals surface area contributed by atoms with Crippen LogP contribution in [0.2, 0.25) is 0 Å². The van der Waals surface area contributed by atoms with Gasteiger partial charge in [0.05, 0.1) is 13.2 Å². The second kappa shape index (κ2) is 5.09. The molecule has 1 atom stereocenters. The van der Waals surface area contributed by atoms with Gasteiger partial charge in [0, 0.05) is 0 Å². The Kier molecular flexibility index (Phi) is 4.21. The van der Waals surface area contributed by atoms with Crippen molar-refractivity contribution in [3.05, 3.63) is 29.3 Å². The average molecular weight is 236 g/mol. The molecule has 0 saturated heterocycles. The van der Waals surface area contributed by atoms with Gasteiger partial charge in [-0.15, -0.1) is 0 Å². The number of hydrogen-bond donors (Lipinski definition) is 1. The Morgan fingerprint density at radius 1 is 1.18 bits per heavy atom. The molecule has 0 saturated carbocycles. The Labute approximate surface area is 105 Å². The molecule has 0 aliphatic rings. The van der Waals surface area contributed by atoms with Crippen LogP contribution in [0.5, 0.6) is 5.75 Å². The van der Waals surface area contributed by atoms with Crippen LogP contribution in [0.25, 0.3) is 0 Å². The van der Waals surface area contributed by atoms with Crippen LogP contribution < -0.4 is 4.74 Å². The van der Waals surface area contributed by atoms with E-state index in [0.717, 1.165) is 16.9 Å². The van der Waals surface area contributed by atoms with E-state index in [4.69, 9.17) is 4.74 Å². The Hall–Kier alpha value is -1.02. The van der Waals surface area contributed by atoms with Gasteiger partial charge in [-0.25, -0.2) is 0 Å². The predicted molar refractivity (Wildman–Crippen MR) is 71.5 cm³/mol. The van der Waals surface area contributed by atoms with Crippen LogP contribution in [0, 0.1) is 5.92 Å². The van der Waals surface area contributed by atoms with Crippen molar-refractivity contribution in [2.24, 2.45) is 5.92 Å². The molecule has 0 spiro atoms. The van der Waals surface area contributed by atoms with Crippen molar-refractivity contribution in [1.29, 1.82) is 0 Å². The first-order valence-corrected chi connectivity index (χ1v) is 6.14. The van der Waals surface area contributed by atoms with Gasteiger partial charge in [-0.1, -0.05) is 40.7 Å². The highest BCUT2D eigenvalue weighted by molar-refractivity contribution is 5.42. The molecule has 0 radical (unpaired) electrons. The number of rotatable bonds is 3. The van der Waals surface area contributed by atoms with Crippen LogP contribution in [0.4, 0.5) is 0 Å². The molecule has 2 heteroatoms. The summed E-state index contributed by atoms with van der Waals surface area (Å²) in [5, 5.41) is 10.1. The first kappa shape index (κ1) is 14.0. The van der Waals surface area contributed by atoms with E-state index in [-0.39, 0.29) is 11.3 Å². The lowest BCUT2D eigenvalue weighted by Gasteiger charge is -2.24. The van der Waals surface area contributed by atoms with Crippen molar-refractivity contribution < 1.29 is 9.84 Å². The molecular formula is C15H24O2. The van der Waals surface area contributed by atoms with Crippen LogP contribution in [0.3, 0.4) is 0 Å². The molecule has 0 amide bonds. The van der Waals surface area contributed by atoms with Crippen LogP contribution in [0.1, 0.15) is 51.8 Å². The average Bonchev–Trinajstić information content (AvgIpc) is 2.25. The molecule has 1 aromatic rings. The van der Waals surface area contributed by atoms with Crippen molar-refractivity contribution in [3.8, 4) is 5.75 Å². The fourth-order valence-corrected chi connectivity index (χ4v) is 1.88. The Balaban J connectivity index is 3.23. The topological polar surface area (TPSA) is 29.5 Å². The van der Waals surface area contributed by atoms with E-state index in [1.807, 2.05) is 26.0 Å². The molecule has 1 N–H and O–H groups in total. The van der Waals surface area contributed by atoms with Gasteiger partial charge in [0.25, 0.3) is 0 Å². The summed E-state index contributed by atoms with van der Waals surface area (Å²) in [5.74, 6) is 1.11. The van der Waals surface area contributed by atoms with Gasteiger partial charge in [0.15, 0.2) is 0 Å². The third kappa shape index (κ3) is 3.22. The van der Waals surface area contributed by atoms with Gasteiger partial charge < -0.3 is 9.84 Å². The predicted octanol–water partition coefficient (Wildman–Crippen LogP) is 3.68. The normalized spacial score (nSPS) is 13.9. The zero-order chi connectivity index (χ0) is 13.2. The first-order valence-electron chi connectivity index (χ1n) is 6.14. The number of ether oxygens (including phenoxy) is 1. The Morgan fingerprint density at radius 2 is 1.76 bits per heavy atom. The van der Waals surface area contributed by atoms with E-state index >= 15 is 0 Å². The van der Waals surface area contributed by atoms with Crippen molar-refractivity contribution in [2.45, 2.75) is 46.1 Å². The largest absolute Gasteiger partial charge is 0.496 e. The molecule has 1 aromatic carbocycles. The Bertz CT molecular complexity index is 375. The van der Waals surface area contributed by atoms with Gasteiger partial charge in [0.1, 0.15) is 5.75 Å². The fraction of sp³-hybridized carbons (Fsp3) is 0.600.